The zero-order chi connectivity index (χ0) is 13.8. The van der Waals surface area contributed by atoms with Crippen LogP contribution < -0.4 is 5.32 Å². The fourth-order valence-electron chi connectivity index (χ4n) is 2.14. The highest BCUT2D eigenvalue weighted by Crippen LogP contribution is 2.16. The number of nitrogens with one attached hydrogen (secondary N) is 1. The molecule has 0 spiro atoms. The Labute approximate surface area is 114 Å². The maximum absolute atomic E-state index is 8.63. The van der Waals surface area contributed by atoms with Crippen molar-refractivity contribution >= 4 is 5.69 Å². The van der Waals surface area contributed by atoms with Crippen LogP contribution in [0.4, 0.5) is 5.69 Å². The van der Waals surface area contributed by atoms with Crippen molar-refractivity contribution in [1.82, 2.24) is 4.57 Å². The standard InChI is InChI=1S/C16H19N3/c1-12-10-15(13(2)19(12)3)11-18-16-6-4-14(5-7-16)8-9-17/h4-7,10,18H,8,11H2,1-3H3. The van der Waals surface area contributed by atoms with Crippen LogP contribution in [0.1, 0.15) is 22.5 Å². The second-order valence-electron chi connectivity index (χ2n) is 4.84. The number of hydrogen-bond donors (Lipinski definition) is 1. The van der Waals surface area contributed by atoms with Crippen LogP contribution in [-0.2, 0) is 20.0 Å². The summed E-state index contributed by atoms with van der Waals surface area (Å²) in [5.41, 5.74) is 6.04. The predicted octanol–water partition coefficient (Wildman–Crippen LogP) is 3.32. The van der Waals surface area contributed by atoms with E-state index >= 15 is 0 Å². The predicted molar refractivity (Wildman–Crippen MR) is 78.0 cm³/mol. The number of rotatable bonds is 4. The molecule has 1 aromatic heterocycles. The lowest BCUT2D eigenvalue weighted by molar-refractivity contribution is 0.837. The van der Waals surface area contributed by atoms with Gasteiger partial charge in [0.2, 0.25) is 0 Å². The molecule has 0 amide bonds. The number of anilines is 1. The van der Waals surface area contributed by atoms with Gasteiger partial charge in [-0.3, -0.25) is 0 Å². The van der Waals surface area contributed by atoms with Crippen molar-refractivity contribution in [3.8, 4) is 6.07 Å². The van der Waals surface area contributed by atoms with E-state index in [0.717, 1.165) is 17.8 Å². The van der Waals surface area contributed by atoms with Gasteiger partial charge in [-0.1, -0.05) is 12.1 Å². The van der Waals surface area contributed by atoms with Crippen LogP contribution in [0.25, 0.3) is 0 Å². The van der Waals surface area contributed by atoms with Crippen molar-refractivity contribution in [1.29, 1.82) is 5.26 Å². The molecule has 0 saturated heterocycles. The van der Waals surface area contributed by atoms with Crippen LogP contribution in [0, 0.1) is 25.2 Å². The zero-order valence-electron chi connectivity index (χ0n) is 11.7. The van der Waals surface area contributed by atoms with E-state index in [0.29, 0.717) is 6.42 Å². The number of nitriles is 1. The van der Waals surface area contributed by atoms with Gasteiger partial charge in [0, 0.05) is 30.7 Å². The lowest BCUT2D eigenvalue weighted by atomic mass is 10.1. The Morgan fingerprint density at radius 3 is 2.42 bits per heavy atom. The van der Waals surface area contributed by atoms with Gasteiger partial charge in [-0.05, 0) is 43.2 Å². The first-order valence-electron chi connectivity index (χ1n) is 6.43. The SMILES string of the molecule is Cc1cc(CNc2ccc(CC#N)cc2)c(C)n1C. The first-order chi connectivity index (χ1) is 9.11. The molecule has 0 radical (unpaired) electrons. The number of benzene rings is 1. The number of aryl methyl sites for hydroxylation is 1. The Morgan fingerprint density at radius 2 is 1.89 bits per heavy atom. The molecule has 1 aromatic carbocycles. The second kappa shape index (κ2) is 5.62. The van der Waals surface area contributed by atoms with Crippen LogP contribution in [0.5, 0.6) is 0 Å². The Morgan fingerprint density at radius 1 is 1.21 bits per heavy atom. The van der Waals surface area contributed by atoms with E-state index in [1.807, 2.05) is 24.3 Å². The third-order valence-corrected chi connectivity index (χ3v) is 3.60. The van der Waals surface area contributed by atoms with Gasteiger partial charge in [0.1, 0.15) is 0 Å². The quantitative estimate of drug-likeness (QED) is 0.908. The minimum absolute atomic E-state index is 0.470. The van der Waals surface area contributed by atoms with Gasteiger partial charge in [-0.2, -0.15) is 5.26 Å². The van der Waals surface area contributed by atoms with Gasteiger partial charge in [-0.25, -0.2) is 0 Å². The summed E-state index contributed by atoms with van der Waals surface area (Å²) in [5.74, 6) is 0. The lowest BCUT2D eigenvalue weighted by Gasteiger charge is -2.07. The van der Waals surface area contributed by atoms with Crippen LogP contribution >= 0.6 is 0 Å². The van der Waals surface area contributed by atoms with Gasteiger partial charge >= 0.3 is 0 Å². The molecule has 0 aliphatic heterocycles. The number of nitrogens with zero attached hydrogens (tertiary/aromatic N) is 2. The maximum atomic E-state index is 8.63. The molecule has 0 saturated carbocycles. The van der Waals surface area contributed by atoms with Crippen molar-refractivity contribution in [3.05, 3.63) is 52.8 Å². The molecule has 3 heteroatoms. The highest BCUT2D eigenvalue weighted by Gasteiger charge is 2.05. The average Bonchev–Trinajstić information content (AvgIpc) is 2.66. The summed E-state index contributed by atoms with van der Waals surface area (Å²) in [7, 11) is 2.09. The Kier molecular flexibility index (Phi) is 3.91. The Hall–Kier alpha value is -2.21. The number of aromatic nitrogens is 1. The van der Waals surface area contributed by atoms with Crippen LogP contribution in [0.3, 0.4) is 0 Å². The molecule has 0 bridgehead atoms. The summed E-state index contributed by atoms with van der Waals surface area (Å²) in [6.45, 7) is 5.08. The number of hydrogen-bond acceptors (Lipinski definition) is 2. The van der Waals surface area contributed by atoms with Crippen molar-refractivity contribution in [2.75, 3.05) is 5.32 Å². The third-order valence-electron chi connectivity index (χ3n) is 3.60. The minimum atomic E-state index is 0.470. The highest BCUT2D eigenvalue weighted by molar-refractivity contribution is 5.46. The first-order valence-corrected chi connectivity index (χ1v) is 6.43. The van der Waals surface area contributed by atoms with E-state index in [1.54, 1.807) is 0 Å². The van der Waals surface area contributed by atoms with Crippen molar-refractivity contribution in [2.45, 2.75) is 26.8 Å². The van der Waals surface area contributed by atoms with Gasteiger partial charge in [-0.15, -0.1) is 0 Å². The topological polar surface area (TPSA) is 40.8 Å². The zero-order valence-corrected chi connectivity index (χ0v) is 11.7. The average molecular weight is 253 g/mol. The summed E-state index contributed by atoms with van der Waals surface area (Å²) in [6, 6.07) is 12.4. The molecular weight excluding hydrogens is 234 g/mol. The monoisotopic (exact) mass is 253 g/mol. The molecule has 0 unspecified atom stereocenters. The molecular formula is C16H19N3. The lowest BCUT2D eigenvalue weighted by Crippen LogP contribution is -2.01. The van der Waals surface area contributed by atoms with E-state index in [1.165, 1.54) is 17.0 Å². The van der Waals surface area contributed by atoms with E-state index in [2.05, 4.69) is 42.9 Å². The summed E-state index contributed by atoms with van der Waals surface area (Å²) in [6.07, 6.45) is 0.470. The third kappa shape index (κ3) is 2.97. The van der Waals surface area contributed by atoms with Gasteiger partial charge in [0.25, 0.3) is 0 Å². The second-order valence-corrected chi connectivity index (χ2v) is 4.84. The Bertz CT molecular complexity index is 600. The summed E-state index contributed by atoms with van der Waals surface area (Å²) >= 11 is 0. The normalized spacial score (nSPS) is 10.2. The fraction of sp³-hybridized carbons (Fsp3) is 0.312. The molecule has 98 valence electrons. The van der Waals surface area contributed by atoms with E-state index in [4.69, 9.17) is 5.26 Å². The molecule has 1 heterocycles. The molecule has 0 aliphatic carbocycles. The van der Waals surface area contributed by atoms with Gasteiger partial charge in [0.05, 0.1) is 12.5 Å². The summed E-state index contributed by atoms with van der Waals surface area (Å²) in [5, 5.41) is 12.0. The van der Waals surface area contributed by atoms with E-state index in [-0.39, 0.29) is 0 Å². The molecule has 2 aromatic rings. The van der Waals surface area contributed by atoms with E-state index < -0.39 is 0 Å². The molecule has 0 aliphatic rings. The first kappa shape index (κ1) is 13.2. The van der Waals surface area contributed by atoms with Crippen molar-refractivity contribution in [3.63, 3.8) is 0 Å². The van der Waals surface area contributed by atoms with Gasteiger partial charge < -0.3 is 9.88 Å². The summed E-state index contributed by atoms with van der Waals surface area (Å²) < 4.78 is 2.20. The van der Waals surface area contributed by atoms with Crippen molar-refractivity contribution in [2.24, 2.45) is 7.05 Å². The van der Waals surface area contributed by atoms with Crippen molar-refractivity contribution < 1.29 is 0 Å². The minimum Gasteiger partial charge on any atom is -0.381 e. The molecule has 2 rings (SSSR count). The Balaban J connectivity index is 2.02. The van der Waals surface area contributed by atoms with Gasteiger partial charge in [0.15, 0.2) is 0 Å². The smallest absolute Gasteiger partial charge is 0.0669 e. The van der Waals surface area contributed by atoms with E-state index in [9.17, 15) is 0 Å². The maximum Gasteiger partial charge on any atom is 0.0669 e. The highest BCUT2D eigenvalue weighted by atomic mass is 15.0. The molecule has 19 heavy (non-hydrogen) atoms. The largest absolute Gasteiger partial charge is 0.381 e. The molecule has 3 nitrogen and oxygen atoms in total. The fourth-order valence-corrected chi connectivity index (χ4v) is 2.14. The van der Waals surface area contributed by atoms with Crippen LogP contribution in [0.15, 0.2) is 30.3 Å². The van der Waals surface area contributed by atoms with Crippen LogP contribution in [0.2, 0.25) is 0 Å². The summed E-state index contributed by atoms with van der Waals surface area (Å²) in [4.78, 5) is 0. The van der Waals surface area contributed by atoms with Crippen LogP contribution in [-0.4, -0.2) is 4.57 Å². The molecule has 1 N–H and O–H groups in total. The molecule has 0 fully saturated rings. The molecule has 0 atom stereocenters.